The molecule has 38 heavy (non-hydrogen) atoms. The first-order valence-corrected chi connectivity index (χ1v) is 12.9. The molecule has 0 bridgehead atoms. The average molecular weight is 503 g/mol. The van der Waals surface area contributed by atoms with Crippen LogP contribution in [0.1, 0.15) is 12.8 Å². The van der Waals surface area contributed by atoms with Gasteiger partial charge in [0.05, 0.1) is 28.8 Å². The Morgan fingerprint density at radius 1 is 0.921 bits per heavy atom. The second kappa shape index (κ2) is 9.68. The van der Waals surface area contributed by atoms with E-state index in [1.807, 2.05) is 48.7 Å². The predicted octanol–water partition coefficient (Wildman–Crippen LogP) is 5.10. The lowest BCUT2D eigenvalue weighted by molar-refractivity contribution is 0.237. The molecule has 0 saturated carbocycles. The van der Waals surface area contributed by atoms with Crippen LogP contribution in [0, 0.1) is 0 Å². The molecule has 0 aliphatic carbocycles. The van der Waals surface area contributed by atoms with Crippen LogP contribution >= 0.6 is 0 Å². The fourth-order valence-electron chi connectivity index (χ4n) is 5.08. The molecule has 9 heteroatoms. The summed E-state index contributed by atoms with van der Waals surface area (Å²) in [6.07, 6.45) is 9.71. The van der Waals surface area contributed by atoms with E-state index >= 15 is 0 Å². The summed E-state index contributed by atoms with van der Waals surface area (Å²) >= 11 is 0. The van der Waals surface area contributed by atoms with E-state index in [9.17, 15) is 0 Å². The predicted molar refractivity (Wildman–Crippen MR) is 147 cm³/mol. The summed E-state index contributed by atoms with van der Waals surface area (Å²) in [6.45, 7) is 3.91. The number of H-pyrrole nitrogens is 2. The molecule has 188 valence electrons. The van der Waals surface area contributed by atoms with Gasteiger partial charge in [-0.2, -0.15) is 5.10 Å². The van der Waals surface area contributed by atoms with Gasteiger partial charge in [-0.15, -0.1) is 0 Å². The Bertz CT molecular complexity index is 1720. The monoisotopic (exact) mass is 502 g/mol. The zero-order valence-electron chi connectivity index (χ0n) is 20.8. The molecular weight excluding hydrogens is 476 g/mol. The molecule has 6 aromatic rings. The Hall–Kier alpha value is -4.63. The second-order valence-electron chi connectivity index (χ2n) is 9.49. The SMILES string of the molecule is c1ccc(-c2ccnc3[nH]c(-c4n[nH]c5ccc(-c6cncc(OCCN7CCCC7)c6)nc45)cc23)nc1. The summed E-state index contributed by atoms with van der Waals surface area (Å²) in [7, 11) is 0. The number of aromatic amines is 2. The Labute approximate surface area is 219 Å². The summed E-state index contributed by atoms with van der Waals surface area (Å²) in [5, 5.41) is 8.68. The maximum Gasteiger partial charge on any atom is 0.138 e. The van der Waals surface area contributed by atoms with Crippen molar-refractivity contribution in [3.05, 3.63) is 73.3 Å². The third-order valence-corrected chi connectivity index (χ3v) is 7.02. The molecular formula is C29H26N8O. The standard InChI is InChI=1S/C29H26N8O/c1-2-9-31-24(5-1)21-8-10-32-29-22(21)16-26(34-29)28-27-25(35-36-28)7-6-23(33-27)19-15-20(18-30-17-19)38-14-13-37-11-3-4-12-37/h1-2,5-10,15-18H,3-4,11-14H2,(H,32,34)(H,35,36). The van der Waals surface area contributed by atoms with E-state index in [1.165, 1.54) is 12.8 Å². The first-order valence-electron chi connectivity index (χ1n) is 12.9. The van der Waals surface area contributed by atoms with Crippen LogP contribution in [0.15, 0.2) is 73.3 Å². The fraction of sp³-hybridized carbons (Fsp3) is 0.207. The highest BCUT2D eigenvalue weighted by Crippen LogP contribution is 2.33. The van der Waals surface area contributed by atoms with Crippen LogP contribution < -0.4 is 4.74 Å². The van der Waals surface area contributed by atoms with Gasteiger partial charge in [-0.05, 0) is 68.4 Å². The maximum atomic E-state index is 6.01. The molecule has 1 fully saturated rings. The average Bonchev–Trinajstić information content (AvgIpc) is 3.73. The van der Waals surface area contributed by atoms with Crippen LogP contribution in [0.2, 0.25) is 0 Å². The summed E-state index contributed by atoms with van der Waals surface area (Å²) in [6, 6.07) is 15.9. The van der Waals surface area contributed by atoms with Crippen molar-refractivity contribution in [2.75, 3.05) is 26.2 Å². The minimum atomic E-state index is 0.651. The highest BCUT2D eigenvalue weighted by atomic mass is 16.5. The quantitative estimate of drug-likeness (QED) is 0.313. The minimum Gasteiger partial charge on any atom is -0.491 e. The highest BCUT2D eigenvalue weighted by Gasteiger charge is 2.17. The van der Waals surface area contributed by atoms with Gasteiger partial charge in [-0.1, -0.05) is 6.07 Å². The molecule has 0 atom stereocenters. The molecule has 1 saturated heterocycles. The van der Waals surface area contributed by atoms with Gasteiger partial charge in [0.2, 0.25) is 0 Å². The van der Waals surface area contributed by atoms with Crippen LogP contribution in [-0.2, 0) is 0 Å². The Morgan fingerprint density at radius 3 is 2.76 bits per heavy atom. The first-order chi connectivity index (χ1) is 18.8. The molecule has 0 unspecified atom stereocenters. The maximum absolute atomic E-state index is 6.01. The number of ether oxygens (including phenoxy) is 1. The van der Waals surface area contributed by atoms with Gasteiger partial charge in [-0.3, -0.25) is 20.0 Å². The van der Waals surface area contributed by atoms with Crippen molar-refractivity contribution < 1.29 is 4.74 Å². The summed E-state index contributed by atoms with van der Waals surface area (Å²) in [4.78, 5) is 24.3. The number of nitrogens with one attached hydrogen (secondary N) is 2. The Kier molecular flexibility index (Phi) is 5.75. The lowest BCUT2D eigenvalue weighted by atomic mass is 10.1. The van der Waals surface area contributed by atoms with Gasteiger partial charge in [0.25, 0.3) is 0 Å². The zero-order valence-corrected chi connectivity index (χ0v) is 20.8. The van der Waals surface area contributed by atoms with E-state index in [0.29, 0.717) is 6.61 Å². The van der Waals surface area contributed by atoms with E-state index < -0.39 is 0 Å². The lowest BCUT2D eigenvalue weighted by Gasteiger charge is -2.15. The number of likely N-dealkylation sites (tertiary alicyclic amines) is 1. The zero-order chi connectivity index (χ0) is 25.3. The van der Waals surface area contributed by atoms with Crippen molar-refractivity contribution in [3.63, 3.8) is 0 Å². The molecule has 9 nitrogen and oxygen atoms in total. The summed E-state index contributed by atoms with van der Waals surface area (Å²) < 4.78 is 6.01. The van der Waals surface area contributed by atoms with E-state index in [-0.39, 0.29) is 0 Å². The van der Waals surface area contributed by atoms with Crippen molar-refractivity contribution in [2.24, 2.45) is 0 Å². The second-order valence-corrected chi connectivity index (χ2v) is 9.49. The highest BCUT2D eigenvalue weighted by molar-refractivity contribution is 5.98. The van der Waals surface area contributed by atoms with Crippen molar-refractivity contribution in [1.82, 2.24) is 40.0 Å². The third-order valence-electron chi connectivity index (χ3n) is 7.02. The number of rotatable bonds is 7. The summed E-state index contributed by atoms with van der Waals surface area (Å²) in [5.41, 5.74) is 7.58. The van der Waals surface area contributed by atoms with Crippen molar-refractivity contribution in [3.8, 4) is 39.7 Å². The van der Waals surface area contributed by atoms with Crippen LogP contribution in [0.5, 0.6) is 5.75 Å². The molecule has 7 heterocycles. The molecule has 0 radical (unpaired) electrons. The minimum absolute atomic E-state index is 0.651. The molecule has 2 N–H and O–H groups in total. The van der Waals surface area contributed by atoms with E-state index in [1.54, 1.807) is 18.6 Å². The lowest BCUT2D eigenvalue weighted by Crippen LogP contribution is -2.25. The van der Waals surface area contributed by atoms with Gasteiger partial charge >= 0.3 is 0 Å². The van der Waals surface area contributed by atoms with E-state index in [0.717, 1.165) is 81.4 Å². The largest absolute Gasteiger partial charge is 0.491 e. The molecule has 0 amide bonds. The summed E-state index contributed by atoms with van der Waals surface area (Å²) in [5.74, 6) is 0.750. The van der Waals surface area contributed by atoms with Crippen LogP contribution in [0.3, 0.4) is 0 Å². The van der Waals surface area contributed by atoms with Crippen LogP contribution in [-0.4, -0.2) is 66.3 Å². The smallest absolute Gasteiger partial charge is 0.138 e. The van der Waals surface area contributed by atoms with Crippen LogP contribution in [0.25, 0.3) is 56.0 Å². The molecule has 0 aromatic carbocycles. The van der Waals surface area contributed by atoms with Crippen molar-refractivity contribution >= 4 is 22.1 Å². The fourth-order valence-corrected chi connectivity index (χ4v) is 5.08. The third kappa shape index (κ3) is 4.26. The van der Waals surface area contributed by atoms with Gasteiger partial charge in [0.1, 0.15) is 29.2 Å². The topological polar surface area (TPSA) is 108 Å². The van der Waals surface area contributed by atoms with E-state index in [4.69, 9.17) is 9.72 Å². The number of pyridine rings is 4. The van der Waals surface area contributed by atoms with Gasteiger partial charge in [0, 0.05) is 41.6 Å². The van der Waals surface area contributed by atoms with Crippen molar-refractivity contribution in [1.29, 1.82) is 0 Å². The number of hydrogen-bond acceptors (Lipinski definition) is 7. The first kappa shape index (κ1) is 22.6. The Balaban J connectivity index is 1.20. The number of fused-ring (bicyclic) bond motifs is 2. The number of aromatic nitrogens is 7. The molecule has 6 aromatic heterocycles. The molecule has 1 aliphatic heterocycles. The normalized spacial score (nSPS) is 14.0. The molecule has 1 aliphatic rings. The van der Waals surface area contributed by atoms with Gasteiger partial charge in [-0.25, -0.2) is 9.97 Å². The van der Waals surface area contributed by atoms with Crippen LogP contribution in [0.4, 0.5) is 0 Å². The number of nitrogens with zero attached hydrogens (tertiary/aromatic N) is 6. The van der Waals surface area contributed by atoms with Crippen molar-refractivity contribution in [2.45, 2.75) is 12.8 Å². The van der Waals surface area contributed by atoms with E-state index in [2.05, 4.69) is 41.1 Å². The van der Waals surface area contributed by atoms with Gasteiger partial charge < -0.3 is 9.72 Å². The van der Waals surface area contributed by atoms with Gasteiger partial charge in [0.15, 0.2) is 0 Å². The molecule has 0 spiro atoms. The Morgan fingerprint density at radius 2 is 1.87 bits per heavy atom. The molecule has 7 rings (SSSR count). The number of hydrogen-bond donors (Lipinski definition) is 2.